The fraction of sp³-hybridized carbons (Fsp3) is 0.308. The van der Waals surface area contributed by atoms with E-state index in [0.29, 0.717) is 5.95 Å². The molecule has 0 spiro atoms. The number of hydrogen-bond donors (Lipinski definition) is 1. The summed E-state index contributed by atoms with van der Waals surface area (Å²) in [5.41, 5.74) is 1.14. The second-order valence-corrected chi connectivity index (χ2v) is 4.97. The van der Waals surface area contributed by atoms with Gasteiger partial charge < -0.3 is 10.2 Å². The molecule has 0 fully saturated rings. The molecular weight excluding hydrogens is 306 g/mol. The molecule has 0 radical (unpaired) electrons. The second-order valence-electron chi connectivity index (χ2n) is 4.11. The number of nitrogens with one attached hydrogen (secondary N) is 1. The molecule has 2 aromatic rings. The monoisotopic (exact) mass is 321 g/mol. The highest BCUT2D eigenvalue weighted by atomic mass is 79.9. The van der Waals surface area contributed by atoms with Gasteiger partial charge in [0, 0.05) is 38.7 Å². The van der Waals surface area contributed by atoms with Gasteiger partial charge in [0.15, 0.2) is 0 Å². The molecule has 0 atom stereocenters. The maximum Gasteiger partial charge on any atom is 0.224 e. The zero-order chi connectivity index (χ0) is 13.7. The van der Waals surface area contributed by atoms with E-state index in [1.165, 1.54) is 0 Å². The number of pyridine rings is 1. The van der Waals surface area contributed by atoms with Gasteiger partial charge in [0.1, 0.15) is 5.82 Å². The molecule has 0 unspecified atom stereocenters. The standard InChI is InChI=1S/C13H16BrN5/c1-3-16-13-17-8-11(14)12(18-13)19(2)9-10-5-4-6-15-7-10/h4-8H,3,9H2,1-2H3,(H,16,17,18). The molecule has 2 rings (SSSR count). The molecule has 5 nitrogen and oxygen atoms in total. The highest BCUT2D eigenvalue weighted by Crippen LogP contribution is 2.24. The van der Waals surface area contributed by atoms with Crippen LogP contribution >= 0.6 is 15.9 Å². The van der Waals surface area contributed by atoms with Gasteiger partial charge >= 0.3 is 0 Å². The minimum atomic E-state index is 0.638. The predicted octanol–water partition coefficient (Wildman–Crippen LogP) is 2.70. The van der Waals surface area contributed by atoms with Gasteiger partial charge in [0.05, 0.1) is 4.47 Å². The highest BCUT2D eigenvalue weighted by molar-refractivity contribution is 9.10. The Morgan fingerprint density at radius 1 is 1.37 bits per heavy atom. The first-order valence-corrected chi connectivity index (χ1v) is 6.86. The molecule has 1 N–H and O–H groups in total. The van der Waals surface area contributed by atoms with E-state index in [4.69, 9.17) is 0 Å². The van der Waals surface area contributed by atoms with E-state index >= 15 is 0 Å². The van der Waals surface area contributed by atoms with Crippen molar-refractivity contribution in [2.24, 2.45) is 0 Å². The molecule has 0 aliphatic heterocycles. The van der Waals surface area contributed by atoms with Gasteiger partial charge in [-0.15, -0.1) is 0 Å². The quantitative estimate of drug-likeness (QED) is 0.917. The summed E-state index contributed by atoms with van der Waals surface area (Å²) in [5.74, 6) is 1.49. The third-order valence-electron chi connectivity index (χ3n) is 2.56. The third-order valence-corrected chi connectivity index (χ3v) is 3.12. The van der Waals surface area contributed by atoms with Gasteiger partial charge in [-0.1, -0.05) is 6.07 Å². The zero-order valence-corrected chi connectivity index (χ0v) is 12.6. The van der Waals surface area contributed by atoms with Crippen LogP contribution in [0.2, 0.25) is 0 Å². The summed E-state index contributed by atoms with van der Waals surface area (Å²) in [6.07, 6.45) is 5.39. The van der Waals surface area contributed by atoms with Crippen molar-refractivity contribution < 1.29 is 0 Å². The van der Waals surface area contributed by atoms with Crippen LogP contribution in [-0.2, 0) is 6.54 Å². The molecule has 0 aliphatic carbocycles. The first-order chi connectivity index (χ1) is 9.20. The van der Waals surface area contributed by atoms with Gasteiger partial charge in [0.2, 0.25) is 5.95 Å². The van der Waals surface area contributed by atoms with Gasteiger partial charge in [0.25, 0.3) is 0 Å². The van der Waals surface area contributed by atoms with E-state index < -0.39 is 0 Å². The van der Waals surface area contributed by atoms with E-state index in [1.807, 2.05) is 32.3 Å². The van der Waals surface area contributed by atoms with Crippen LogP contribution in [-0.4, -0.2) is 28.5 Å². The van der Waals surface area contributed by atoms with E-state index in [9.17, 15) is 0 Å². The van der Waals surface area contributed by atoms with Crippen LogP contribution in [0.25, 0.3) is 0 Å². The Morgan fingerprint density at radius 2 is 2.21 bits per heavy atom. The van der Waals surface area contributed by atoms with E-state index in [0.717, 1.165) is 28.9 Å². The lowest BCUT2D eigenvalue weighted by atomic mass is 10.3. The fourth-order valence-corrected chi connectivity index (χ4v) is 2.20. The van der Waals surface area contributed by atoms with Crippen molar-refractivity contribution in [2.75, 3.05) is 23.8 Å². The first-order valence-electron chi connectivity index (χ1n) is 6.07. The molecule has 0 aliphatic rings. The van der Waals surface area contributed by atoms with Crippen molar-refractivity contribution in [3.8, 4) is 0 Å². The Labute approximate surface area is 121 Å². The summed E-state index contributed by atoms with van der Waals surface area (Å²) in [6.45, 7) is 3.56. The summed E-state index contributed by atoms with van der Waals surface area (Å²) < 4.78 is 0.876. The summed E-state index contributed by atoms with van der Waals surface area (Å²) in [5, 5.41) is 3.11. The van der Waals surface area contributed by atoms with Crippen molar-refractivity contribution in [1.82, 2.24) is 15.0 Å². The molecule has 2 heterocycles. The smallest absolute Gasteiger partial charge is 0.224 e. The Morgan fingerprint density at radius 3 is 2.89 bits per heavy atom. The molecule has 2 aromatic heterocycles. The Hall–Kier alpha value is -1.69. The third kappa shape index (κ3) is 3.64. The van der Waals surface area contributed by atoms with Crippen molar-refractivity contribution in [3.63, 3.8) is 0 Å². The summed E-state index contributed by atoms with van der Waals surface area (Å²) in [6, 6.07) is 3.98. The maximum atomic E-state index is 4.49. The summed E-state index contributed by atoms with van der Waals surface area (Å²) in [7, 11) is 2.00. The number of rotatable bonds is 5. The van der Waals surface area contributed by atoms with Crippen LogP contribution in [0.5, 0.6) is 0 Å². The summed E-state index contributed by atoms with van der Waals surface area (Å²) in [4.78, 5) is 14.9. The highest BCUT2D eigenvalue weighted by Gasteiger charge is 2.10. The molecular formula is C13H16BrN5. The zero-order valence-electron chi connectivity index (χ0n) is 11.0. The average molecular weight is 322 g/mol. The van der Waals surface area contributed by atoms with Crippen LogP contribution in [0.1, 0.15) is 12.5 Å². The number of anilines is 2. The topological polar surface area (TPSA) is 53.9 Å². The van der Waals surface area contributed by atoms with Crippen LogP contribution in [0, 0.1) is 0 Å². The van der Waals surface area contributed by atoms with Gasteiger partial charge in [-0.2, -0.15) is 4.98 Å². The van der Waals surface area contributed by atoms with Crippen molar-refractivity contribution in [3.05, 3.63) is 40.8 Å². The Bertz CT molecular complexity index is 532. The first kappa shape index (κ1) is 13.7. The molecule has 100 valence electrons. The summed E-state index contributed by atoms with van der Waals surface area (Å²) >= 11 is 3.49. The van der Waals surface area contributed by atoms with Crippen LogP contribution in [0.3, 0.4) is 0 Å². The van der Waals surface area contributed by atoms with Crippen LogP contribution in [0.4, 0.5) is 11.8 Å². The number of hydrogen-bond acceptors (Lipinski definition) is 5. The maximum absolute atomic E-state index is 4.49. The predicted molar refractivity (Wildman–Crippen MR) is 80.2 cm³/mol. The van der Waals surface area contributed by atoms with Crippen LogP contribution in [0.15, 0.2) is 35.2 Å². The van der Waals surface area contributed by atoms with E-state index in [1.54, 1.807) is 12.4 Å². The van der Waals surface area contributed by atoms with Crippen molar-refractivity contribution in [2.45, 2.75) is 13.5 Å². The Kier molecular flexibility index (Phi) is 4.68. The minimum absolute atomic E-state index is 0.638. The van der Waals surface area contributed by atoms with Gasteiger partial charge in [-0.05, 0) is 34.5 Å². The molecule has 6 heteroatoms. The van der Waals surface area contributed by atoms with E-state index in [2.05, 4.69) is 41.1 Å². The largest absolute Gasteiger partial charge is 0.354 e. The number of aromatic nitrogens is 3. The van der Waals surface area contributed by atoms with Crippen molar-refractivity contribution >= 4 is 27.7 Å². The fourth-order valence-electron chi connectivity index (χ4n) is 1.71. The van der Waals surface area contributed by atoms with Gasteiger partial charge in [-0.25, -0.2) is 4.98 Å². The number of nitrogens with zero attached hydrogens (tertiary/aromatic N) is 4. The van der Waals surface area contributed by atoms with Crippen LogP contribution < -0.4 is 10.2 Å². The molecule has 0 saturated carbocycles. The Balaban J connectivity index is 2.18. The van der Waals surface area contributed by atoms with E-state index in [-0.39, 0.29) is 0 Å². The SMILES string of the molecule is CCNc1ncc(Br)c(N(C)Cc2cccnc2)n1. The molecule has 0 saturated heterocycles. The number of halogens is 1. The molecule has 0 bridgehead atoms. The molecule has 0 aromatic carbocycles. The minimum Gasteiger partial charge on any atom is -0.354 e. The average Bonchev–Trinajstić information content (AvgIpc) is 2.42. The normalized spacial score (nSPS) is 10.3. The molecule has 19 heavy (non-hydrogen) atoms. The lowest BCUT2D eigenvalue weighted by Crippen LogP contribution is -2.19. The lowest BCUT2D eigenvalue weighted by molar-refractivity contribution is 0.880. The van der Waals surface area contributed by atoms with Crippen molar-refractivity contribution in [1.29, 1.82) is 0 Å². The molecule has 0 amide bonds. The second kappa shape index (κ2) is 6.47. The van der Waals surface area contributed by atoms with Gasteiger partial charge in [-0.3, -0.25) is 4.98 Å². The lowest BCUT2D eigenvalue weighted by Gasteiger charge is -2.19.